The highest BCUT2D eigenvalue weighted by Crippen LogP contribution is 2.48. The third-order valence-electron chi connectivity index (χ3n) is 4.53. The summed E-state index contributed by atoms with van der Waals surface area (Å²) in [7, 11) is 3.40. The fraction of sp³-hybridized carbons (Fsp3) is 0.611. The quantitative estimate of drug-likeness (QED) is 0.528. The van der Waals surface area contributed by atoms with Gasteiger partial charge in [0.1, 0.15) is 5.75 Å². The van der Waals surface area contributed by atoms with E-state index in [9.17, 15) is 8.78 Å². The van der Waals surface area contributed by atoms with E-state index in [4.69, 9.17) is 4.74 Å². The van der Waals surface area contributed by atoms with Gasteiger partial charge in [-0.25, -0.2) is 0 Å². The topological polar surface area (TPSA) is 54.9 Å². The van der Waals surface area contributed by atoms with Crippen molar-refractivity contribution in [1.29, 1.82) is 0 Å². The third kappa shape index (κ3) is 6.16. The number of nitrogens with one attached hydrogen (secondary N) is 2. The van der Waals surface area contributed by atoms with E-state index in [2.05, 4.69) is 20.4 Å². The molecule has 7 heteroatoms. The molecule has 1 aliphatic rings. The highest BCUT2D eigenvalue weighted by molar-refractivity contribution is 5.79. The van der Waals surface area contributed by atoms with Gasteiger partial charge in [0, 0.05) is 39.4 Å². The lowest BCUT2D eigenvalue weighted by molar-refractivity contribution is -0.0504. The van der Waals surface area contributed by atoms with E-state index in [1.165, 1.54) is 12.8 Å². The van der Waals surface area contributed by atoms with Crippen LogP contribution in [0, 0.1) is 12.3 Å². The van der Waals surface area contributed by atoms with Gasteiger partial charge in [0.05, 0.1) is 0 Å². The standard InChI is InChI=1S/C18H27F2N3O2/c1-13-4-5-15(25-16(19)20)14(10-13)11-22-17(21-2)23-12-18(6-7-18)8-9-24-3/h4-5,10,16H,6-9,11-12H2,1-3H3,(H2,21,22,23). The van der Waals surface area contributed by atoms with Crippen LogP contribution in [0.5, 0.6) is 5.75 Å². The maximum Gasteiger partial charge on any atom is 0.387 e. The Hall–Kier alpha value is -1.89. The molecule has 0 amide bonds. The number of aliphatic imine (C=N–C) groups is 1. The number of ether oxygens (including phenoxy) is 2. The molecule has 0 spiro atoms. The minimum atomic E-state index is -2.84. The molecule has 5 nitrogen and oxygen atoms in total. The summed E-state index contributed by atoms with van der Waals surface area (Å²) in [5.41, 5.74) is 1.95. The maximum atomic E-state index is 12.5. The van der Waals surface area contributed by atoms with Crippen LogP contribution >= 0.6 is 0 Å². The molecule has 1 aliphatic carbocycles. The van der Waals surface area contributed by atoms with Crippen LogP contribution in [0.1, 0.15) is 30.4 Å². The van der Waals surface area contributed by atoms with Crippen molar-refractivity contribution in [2.75, 3.05) is 27.3 Å². The Labute approximate surface area is 147 Å². The normalized spacial score (nSPS) is 16.0. The van der Waals surface area contributed by atoms with E-state index >= 15 is 0 Å². The smallest absolute Gasteiger partial charge is 0.387 e. The van der Waals surface area contributed by atoms with Gasteiger partial charge in [-0.2, -0.15) is 8.78 Å². The Morgan fingerprint density at radius 3 is 2.68 bits per heavy atom. The minimum Gasteiger partial charge on any atom is -0.434 e. The van der Waals surface area contributed by atoms with Crippen LogP contribution in [0.2, 0.25) is 0 Å². The van der Waals surface area contributed by atoms with E-state index < -0.39 is 6.61 Å². The highest BCUT2D eigenvalue weighted by Gasteiger charge is 2.41. The third-order valence-corrected chi connectivity index (χ3v) is 4.53. The van der Waals surface area contributed by atoms with Crippen molar-refractivity contribution in [3.63, 3.8) is 0 Å². The van der Waals surface area contributed by atoms with Crippen LogP contribution in [0.25, 0.3) is 0 Å². The fourth-order valence-corrected chi connectivity index (χ4v) is 2.74. The summed E-state index contributed by atoms with van der Waals surface area (Å²) in [6, 6.07) is 5.15. The lowest BCUT2D eigenvalue weighted by atomic mass is 10.0. The number of benzene rings is 1. The SMILES string of the molecule is CN=C(NCc1cc(C)ccc1OC(F)F)NCC1(CCOC)CC1. The molecule has 0 aliphatic heterocycles. The monoisotopic (exact) mass is 355 g/mol. The van der Waals surface area contributed by atoms with Crippen molar-refractivity contribution >= 4 is 5.96 Å². The van der Waals surface area contributed by atoms with Gasteiger partial charge in [-0.3, -0.25) is 4.99 Å². The predicted octanol–water partition coefficient (Wildman–Crippen LogP) is 3.08. The van der Waals surface area contributed by atoms with E-state index in [-0.39, 0.29) is 5.75 Å². The van der Waals surface area contributed by atoms with Gasteiger partial charge in [0.15, 0.2) is 5.96 Å². The maximum absolute atomic E-state index is 12.5. The van der Waals surface area contributed by atoms with E-state index in [1.807, 2.05) is 13.0 Å². The zero-order valence-corrected chi connectivity index (χ0v) is 15.1. The number of halogens is 2. The van der Waals surface area contributed by atoms with Crippen LogP contribution in [0.4, 0.5) is 8.78 Å². The van der Waals surface area contributed by atoms with Gasteiger partial charge in [0.2, 0.25) is 0 Å². The Morgan fingerprint density at radius 1 is 1.32 bits per heavy atom. The van der Waals surface area contributed by atoms with Crippen LogP contribution in [0.15, 0.2) is 23.2 Å². The first-order valence-corrected chi connectivity index (χ1v) is 8.46. The second-order valence-corrected chi connectivity index (χ2v) is 6.51. The zero-order chi connectivity index (χ0) is 18.3. The lowest BCUT2D eigenvalue weighted by Crippen LogP contribution is -2.40. The molecule has 1 aromatic rings. The average Bonchev–Trinajstić information content (AvgIpc) is 3.35. The molecule has 0 radical (unpaired) electrons. The molecule has 0 heterocycles. The molecule has 0 saturated heterocycles. The predicted molar refractivity (Wildman–Crippen MR) is 94.2 cm³/mol. The summed E-state index contributed by atoms with van der Waals surface area (Å²) in [5.74, 6) is 0.829. The van der Waals surface area contributed by atoms with Crippen LogP contribution < -0.4 is 15.4 Å². The number of nitrogens with zero attached hydrogens (tertiary/aromatic N) is 1. The summed E-state index contributed by atoms with van der Waals surface area (Å²) in [6.07, 6.45) is 3.40. The Balaban J connectivity index is 1.89. The van der Waals surface area contributed by atoms with E-state index in [0.717, 1.165) is 25.1 Å². The number of alkyl halides is 2. The molecule has 0 unspecified atom stereocenters. The number of methoxy groups -OCH3 is 1. The molecule has 0 aromatic heterocycles. The van der Waals surface area contributed by atoms with E-state index in [0.29, 0.717) is 23.5 Å². The van der Waals surface area contributed by atoms with Crippen molar-refractivity contribution in [2.24, 2.45) is 10.4 Å². The van der Waals surface area contributed by atoms with Crippen molar-refractivity contribution in [3.05, 3.63) is 29.3 Å². The number of hydrogen-bond acceptors (Lipinski definition) is 3. The fourth-order valence-electron chi connectivity index (χ4n) is 2.74. The summed E-state index contributed by atoms with van der Waals surface area (Å²) < 4.78 is 34.8. The number of hydrogen-bond donors (Lipinski definition) is 2. The number of guanidine groups is 1. The summed E-state index contributed by atoms with van der Waals surface area (Å²) in [4.78, 5) is 4.20. The Kier molecular flexibility index (Phi) is 6.99. The second kappa shape index (κ2) is 8.99. The van der Waals surface area contributed by atoms with E-state index in [1.54, 1.807) is 26.3 Å². The second-order valence-electron chi connectivity index (χ2n) is 6.51. The molecule has 2 rings (SSSR count). The van der Waals surface area contributed by atoms with Crippen LogP contribution in [0.3, 0.4) is 0 Å². The van der Waals surface area contributed by atoms with Crippen molar-refractivity contribution < 1.29 is 18.3 Å². The molecular weight excluding hydrogens is 328 g/mol. The highest BCUT2D eigenvalue weighted by atomic mass is 19.3. The summed E-state index contributed by atoms with van der Waals surface area (Å²) in [6.45, 7) is 1.01. The van der Waals surface area contributed by atoms with Gasteiger partial charge in [-0.05, 0) is 37.7 Å². The molecule has 2 N–H and O–H groups in total. The van der Waals surface area contributed by atoms with Crippen LogP contribution in [-0.2, 0) is 11.3 Å². The first-order chi connectivity index (χ1) is 12.0. The lowest BCUT2D eigenvalue weighted by Gasteiger charge is -2.19. The van der Waals surface area contributed by atoms with Crippen molar-refractivity contribution in [1.82, 2.24) is 10.6 Å². The van der Waals surface area contributed by atoms with Gasteiger partial charge < -0.3 is 20.1 Å². The first kappa shape index (κ1) is 19.4. The molecule has 25 heavy (non-hydrogen) atoms. The Bertz CT molecular complexity index is 590. The van der Waals surface area contributed by atoms with Crippen molar-refractivity contribution in [3.8, 4) is 5.75 Å². The zero-order valence-electron chi connectivity index (χ0n) is 15.1. The molecule has 1 saturated carbocycles. The van der Waals surface area contributed by atoms with Crippen LogP contribution in [-0.4, -0.2) is 39.9 Å². The molecule has 0 atom stereocenters. The summed E-state index contributed by atoms with van der Waals surface area (Å²) >= 11 is 0. The molecule has 140 valence electrons. The van der Waals surface area contributed by atoms with Gasteiger partial charge in [0.25, 0.3) is 0 Å². The minimum absolute atomic E-state index is 0.183. The first-order valence-electron chi connectivity index (χ1n) is 8.46. The Morgan fingerprint density at radius 2 is 2.08 bits per heavy atom. The molecular formula is C18H27F2N3O2. The van der Waals surface area contributed by atoms with Gasteiger partial charge >= 0.3 is 6.61 Å². The number of aryl methyl sites for hydroxylation is 1. The molecule has 1 aromatic carbocycles. The summed E-state index contributed by atoms with van der Waals surface area (Å²) in [5, 5.41) is 6.49. The van der Waals surface area contributed by atoms with Crippen molar-refractivity contribution in [2.45, 2.75) is 39.3 Å². The molecule has 1 fully saturated rings. The largest absolute Gasteiger partial charge is 0.434 e. The number of rotatable bonds is 9. The average molecular weight is 355 g/mol. The van der Waals surface area contributed by atoms with Gasteiger partial charge in [-0.15, -0.1) is 0 Å². The van der Waals surface area contributed by atoms with Gasteiger partial charge in [-0.1, -0.05) is 17.7 Å². The molecule has 0 bridgehead atoms.